The van der Waals surface area contributed by atoms with Crippen molar-refractivity contribution in [2.45, 2.75) is 0 Å². The number of furan rings is 2. The fraction of sp³-hybridized carbons (Fsp3) is 0. The molecule has 0 bridgehead atoms. The molecule has 0 unspecified atom stereocenters. The molecule has 0 saturated heterocycles. The van der Waals surface area contributed by atoms with Crippen molar-refractivity contribution < 1.29 is 8.83 Å². The summed E-state index contributed by atoms with van der Waals surface area (Å²) in [5.74, 6) is 1.63. The number of nitrogens with zero attached hydrogens (tertiary/aromatic N) is 4. The Morgan fingerprint density at radius 1 is 0.351 bits per heavy atom. The van der Waals surface area contributed by atoms with Crippen molar-refractivity contribution in [3.63, 3.8) is 0 Å². The molecule has 12 rings (SSSR count). The van der Waals surface area contributed by atoms with Crippen molar-refractivity contribution in [1.29, 1.82) is 0 Å². The van der Waals surface area contributed by atoms with Gasteiger partial charge in [0.25, 0.3) is 0 Å². The van der Waals surface area contributed by atoms with Gasteiger partial charge in [-0.15, -0.1) is 0 Å². The topological polar surface area (TPSA) is 69.9 Å². The third kappa shape index (κ3) is 4.94. The number of rotatable bonds is 5. The summed E-state index contributed by atoms with van der Waals surface area (Å²) < 4.78 is 15.7. The smallest absolute Gasteiger partial charge is 0.167 e. The Morgan fingerprint density at radius 3 is 1.81 bits per heavy atom. The Bertz CT molecular complexity index is 3530. The molecule has 0 aliphatic heterocycles. The quantitative estimate of drug-likeness (QED) is 0.176. The zero-order valence-electron chi connectivity index (χ0n) is 30.4. The van der Waals surface area contributed by atoms with Crippen molar-refractivity contribution in [3.8, 4) is 51.0 Å². The highest BCUT2D eigenvalue weighted by atomic mass is 16.3. The van der Waals surface area contributed by atoms with Gasteiger partial charge in [-0.05, 0) is 65.7 Å². The Balaban J connectivity index is 1.11. The third-order valence-corrected chi connectivity index (χ3v) is 11.1. The summed E-state index contributed by atoms with van der Waals surface area (Å²) in [6, 6.07) is 62.6. The van der Waals surface area contributed by atoms with Gasteiger partial charge in [0.15, 0.2) is 23.1 Å². The van der Waals surface area contributed by atoms with Crippen LogP contribution in [0.5, 0.6) is 0 Å². The summed E-state index contributed by atoms with van der Waals surface area (Å²) in [6.07, 6.45) is 0. The molecule has 4 heterocycles. The standard InChI is InChI=1S/C51H30N4O2/c1-3-13-31(14-4-1)32-15-11-16-33(29-32)49-52-50(34-25-26-38-37-20-8-10-24-44(37)56-45(38)30-34)54-51(53-49)42-22-12-21-40-41-28-27-39-36-19-7-9-23-43(36)55(35-17-5-2-6-18-35)46(39)48(41)57-47(40)42/h1-30H. The van der Waals surface area contributed by atoms with Crippen LogP contribution in [-0.4, -0.2) is 19.5 Å². The average Bonchev–Trinajstić information content (AvgIpc) is 3.96. The predicted molar refractivity (Wildman–Crippen MR) is 230 cm³/mol. The number of hydrogen-bond donors (Lipinski definition) is 0. The van der Waals surface area contributed by atoms with Crippen molar-refractivity contribution >= 4 is 65.7 Å². The van der Waals surface area contributed by atoms with E-state index in [1.54, 1.807) is 0 Å². The summed E-state index contributed by atoms with van der Waals surface area (Å²) >= 11 is 0. The van der Waals surface area contributed by atoms with Gasteiger partial charge in [0.2, 0.25) is 0 Å². The van der Waals surface area contributed by atoms with Crippen LogP contribution in [0, 0.1) is 0 Å². The van der Waals surface area contributed by atoms with E-state index >= 15 is 0 Å². The first-order valence-corrected chi connectivity index (χ1v) is 19.0. The minimum absolute atomic E-state index is 0.523. The average molecular weight is 731 g/mol. The molecule has 0 aliphatic rings. The normalized spacial score (nSPS) is 11.9. The maximum atomic E-state index is 7.07. The lowest BCUT2D eigenvalue weighted by atomic mass is 10.0. The maximum Gasteiger partial charge on any atom is 0.167 e. The zero-order valence-corrected chi connectivity index (χ0v) is 30.4. The summed E-state index contributed by atoms with van der Waals surface area (Å²) in [4.78, 5) is 15.5. The molecule has 0 saturated carbocycles. The van der Waals surface area contributed by atoms with E-state index in [9.17, 15) is 0 Å². The molecule has 4 aromatic heterocycles. The number of hydrogen-bond acceptors (Lipinski definition) is 5. The summed E-state index contributed by atoms with van der Waals surface area (Å²) in [7, 11) is 0. The van der Waals surface area contributed by atoms with E-state index in [4.69, 9.17) is 23.8 Å². The van der Waals surface area contributed by atoms with E-state index in [1.807, 2.05) is 42.5 Å². The molecule has 6 nitrogen and oxygen atoms in total. The fourth-order valence-corrected chi connectivity index (χ4v) is 8.41. The van der Waals surface area contributed by atoms with Crippen LogP contribution in [0.25, 0.3) is 117 Å². The molecule has 0 amide bonds. The highest BCUT2D eigenvalue weighted by Gasteiger charge is 2.22. The van der Waals surface area contributed by atoms with E-state index < -0.39 is 0 Å². The lowest BCUT2D eigenvalue weighted by Gasteiger charge is -2.10. The first-order valence-electron chi connectivity index (χ1n) is 19.0. The zero-order chi connectivity index (χ0) is 37.5. The lowest BCUT2D eigenvalue weighted by Crippen LogP contribution is -2.00. The van der Waals surface area contributed by atoms with E-state index in [0.29, 0.717) is 17.5 Å². The summed E-state index contributed by atoms with van der Waals surface area (Å²) in [6.45, 7) is 0. The lowest BCUT2D eigenvalue weighted by molar-refractivity contribution is 0.669. The molecule has 0 spiro atoms. The van der Waals surface area contributed by atoms with Gasteiger partial charge in [0, 0.05) is 49.1 Å². The van der Waals surface area contributed by atoms with E-state index in [-0.39, 0.29) is 0 Å². The van der Waals surface area contributed by atoms with Gasteiger partial charge >= 0.3 is 0 Å². The van der Waals surface area contributed by atoms with Crippen molar-refractivity contribution in [2.24, 2.45) is 0 Å². The van der Waals surface area contributed by atoms with E-state index in [1.165, 1.54) is 5.39 Å². The van der Waals surface area contributed by atoms with Crippen molar-refractivity contribution in [1.82, 2.24) is 19.5 Å². The molecule has 0 N–H and O–H groups in total. The molecule has 0 fully saturated rings. The van der Waals surface area contributed by atoms with Gasteiger partial charge in [0.1, 0.15) is 16.7 Å². The second-order valence-electron chi connectivity index (χ2n) is 14.4. The molecule has 57 heavy (non-hydrogen) atoms. The minimum Gasteiger partial charge on any atom is -0.456 e. The number of para-hydroxylation sites is 4. The molecule has 12 aromatic rings. The molecule has 266 valence electrons. The highest BCUT2D eigenvalue weighted by Crippen LogP contribution is 2.43. The number of aromatic nitrogens is 4. The summed E-state index contributed by atoms with van der Waals surface area (Å²) in [5, 5.41) is 6.44. The number of fused-ring (bicyclic) bond motifs is 10. The van der Waals surface area contributed by atoms with Crippen LogP contribution >= 0.6 is 0 Å². The van der Waals surface area contributed by atoms with Crippen LogP contribution in [0.1, 0.15) is 0 Å². The Labute approximate surface area is 325 Å². The fourth-order valence-electron chi connectivity index (χ4n) is 8.41. The molecular weight excluding hydrogens is 701 g/mol. The maximum absolute atomic E-state index is 7.07. The second-order valence-corrected chi connectivity index (χ2v) is 14.4. The van der Waals surface area contributed by atoms with E-state index in [0.717, 1.165) is 93.8 Å². The second kappa shape index (κ2) is 12.3. The van der Waals surface area contributed by atoms with E-state index in [2.05, 4.69) is 144 Å². The van der Waals surface area contributed by atoms with Crippen LogP contribution < -0.4 is 0 Å². The molecule has 0 radical (unpaired) electrons. The van der Waals surface area contributed by atoms with Gasteiger partial charge in [-0.2, -0.15) is 0 Å². The van der Waals surface area contributed by atoms with Crippen LogP contribution in [0.2, 0.25) is 0 Å². The van der Waals surface area contributed by atoms with Gasteiger partial charge in [-0.1, -0.05) is 127 Å². The molecule has 8 aromatic carbocycles. The third-order valence-electron chi connectivity index (χ3n) is 11.1. The first-order chi connectivity index (χ1) is 28.2. The van der Waals surface area contributed by atoms with Gasteiger partial charge in [0.05, 0.1) is 16.6 Å². The highest BCUT2D eigenvalue weighted by molar-refractivity contribution is 6.22. The minimum atomic E-state index is 0.523. The first kappa shape index (κ1) is 31.5. The van der Waals surface area contributed by atoms with Crippen LogP contribution in [-0.2, 0) is 0 Å². The Hall–Kier alpha value is -7.83. The Kier molecular flexibility index (Phi) is 6.83. The van der Waals surface area contributed by atoms with Crippen molar-refractivity contribution in [3.05, 3.63) is 182 Å². The largest absolute Gasteiger partial charge is 0.456 e. The van der Waals surface area contributed by atoms with Crippen LogP contribution in [0.4, 0.5) is 0 Å². The number of benzene rings is 8. The molecular formula is C51H30N4O2. The van der Waals surface area contributed by atoms with Gasteiger partial charge in [-0.25, -0.2) is 15.0 Å². The van der Waals surface area contributed by atoms with Gasteiger partial charge in [-0.3, -0.25) is 0 Å². The molecule has 6 heteroatoms. The molecule has 0 atom stereocenters. The predicted octanol–water partition coefficient (Wildman–Crippen LogP) is 13.4. The monoisotopic (exact) mass is 730 g/mol. The summed E-state index contributed by atoms with van der Waals surface area (Å²) in [5.41, 5.74) is 11.1. The van der Waals surface area contributed by atoms with Crippen LogP contribution in [0.3, 0.4) is 0 Å². The van der Waals surface area contributed by atoms with Gasteiger partial charge < -0.3 is 13.4 Å². The Morgan fingerprint density at radius 2 is 0.947 bits per heavy atom. The van der Waals surface area contributed by atoms with Crippen molar-refractivity contribution in [2.75, 3.05) is 0 Å². The van der Waals surface area contributed by atoms with Crippen LogP contribution in [0.15, 0.2) is 191 Å². The molecule has 0 aliphatic carbocycles. The SMILES string of the molecule is c1ccc(-c2cccc(-c3nc(-c4ccc5c(c4)oc4ccccc45)nc(-c4cccc5c4oc4c5ccc5c6ccccc6n(-c6ccccc6)c54)n3)c2)cc1.